The minimum absolute atomic E-state index is 0.593. The smallest absolute Gasteiger partial charge is 0.0727 e. The summed E-state index contributed by atoms with van der Waals surface area (Å²) < 4.78 is 6.39. The zero-order chi connectivity index (χ0) is 22.9. The maximum Gasteiger partial charge on any atom is 0.0727 e. The molecule has 0 aliphatic rings. The maximum atomic E-state index is 6.39. The van der Waals surface area contributed by atoms with Crippen molar-refractivity contribution in [2.75, 3.05) is 0 Å². The van der Waals surface area contributed by atoms with Gasteiger partial charge in [-0.3, -0.25) is 0 Å². The molecule has 8 aromatic carbocycles. The SMILES string of the molecule is c1cc2ccc3ccc(COCc4ccc5ccc6cccc7ccc4c5c67)c4ccc(c1)c2c34. The van der Waals surface area contributed by atoms with Crippen molar-refractivity contribution in [1.82, 2.24) is 0 Å². The van der Waals surface area contributed by atoms with Crippen LogP contribution in [0.1, 0.15) is 11.1 Å². The number of hydrogen-bond donors (Lipinski definition) is 0. The van der Waals surface area contributed by atoms with Crippen molar-refractivity contribution in [3.63, 3.8) is 0 Å². The molecule has 0 aliphatic carbocycles. The Kier molecular flexibility index (Phi) is 3.91. The fourth-order valence-electron chi connectivity index (χ4n) is 6.11. The van der Waals surface area contributed by atoms with E-state index in [0.29, 0.717) is 13.2 Å². The standard InChI is InChI=1S/C34H22O/c1-3-21-7-9-25-11-13-27(29-17-15-23(5-1)31(21)33(25)29)19-35-20-28-14-12-26-10-8-22-4-2-6-24-16-18-30(28)34(26)32(22)24/h1-18H,19-20H2. The lowest BCUT2D eigenvalue weighted by Gasteiger charge is -2.15. The third-order valence-electron chi connectivity index (χ3n) is 7.75. The first-order chi connectivity index (χ1) is 17.3. The van der Waals surface area contributed by atoms with Gasteiger partial charge in [0.25, 0.3) is 0 Å². The Morgan fingerprint density at radius 2 is 0.686 bits per heavy atom. The van der Waals surface area contributed by atoms with Crippen molar-refractivity contribution in [2.45, 2.75) is 13.2 Å². The Bertz CT molecular complexity index is 1850. The Labute approximate surface area is 202 Å². The second-order valence-corrected chi connectivity index (χ2v) is 9.65. The van der Waals surface area contributed by atoms with Gasteiger partial charge in [-0.05, 0) is 75.8 Å². The zero-order valence-electron chi connectivity index (χ0n) is 19.2. The molecule has 0 spiro atoms. The van der Waals surface area contributed by atoms with Gasteiger partial charge < -0.3 is 4.74 Å². The molecule has 0 bridgehead atoms. The Hall–Kier alpha value is -4.20. The third kappa shape index (κ3) is 2.73. The fourth-order valence-corrected chi connectivity index (χ4v) is 6.11. The summed E-state index contributed by atoms with van der Waals surface area (Å²) in [6.45, 7) is 1.19. The summed E-state index contributed by atoms with van der Waals surface area (Å²) >= 11 is 0. The van der Waals surface area contributed by atoms with Crippen LogP contribution in [0.4, 0.5) is 0 Å². The lowest BCUT2D eigenvalue weighted by atomic mass is 9.92. The average molecular weight is 447 g/mol. The van der Waals surface area contributed by atoms with Crippen molar-refractivity contribution >= 4 is 64.6 Å². The molecule has 0 aromatic heterocycles. The topological polar surface area (TPSA) is 9.23 Å². The normalized spacial score (nSPS) is 12.3. The van der Waals surface area contributed by atoms with E-state index in [4.69, 9.17) is 4.74 Å². The number of benzene rings is 8. The molecule has 8 aromatic rings. The van der Waals surface area contributed by atoms with Crippen molar-refractivity contribution in [3.8, 4) is 0 Å². The molecular formula is C34H22O. The van der Waals surface area contributed by atoms with Gasteiger partial charge in [0.05, 0.1) is 13.2 Å². The van der Waals surface area contributed by atoms with Gasteiger partial charge >= 0.3 is 0 Å². The van der Waals surface area contributed by atoms with Crippen LogP contribution in [0.3, 0.4) is 0 Å². The number of rotatable bonds is 4. The molecule has 0 fully saturated rings. The molecule has 35 heavy (non-hydrogen) atoms. The molecule has 0 saturated carbocycles. The van der Waals surface area contributed by atoms with Crippen LogP contribution in [0.5, 0.6) is 0 Å². The highest BCUT2D eigenvalue weighted by Gasteiger charge is 2.13. The van der Waals surface area contributed by atoms with Crippen LogP contribution < -0.4 is 0 Å². The second-order valence-electron chi connectivity index (χ2n) is 9.65. The predicted octanol–water partition coefficient (Wildman–Crippen LogP) is 9.20. The van der Waals surface area contributed by atoms with Gasteiger partial charge in [0, 0.05) is 0 Å². The molecule has 1 heteroatoms. The molecule has 0 unspecified atom stereocenters. The van der Waals surface area contributed by atoms with Gasteiger partial charge in [-0.25, -0.2) is 0 Å². The molecular weight excluding hydrogens is 424 g/mol. The first-order valence-electron chi connectivity index (χ1n) is 12.2. The summed E-state index contributed by atoms with van der Waals surface area (Å²) in [5, 5.41) is 15.8. The quantitative estimate of drug-likeness (QED) is 0.245. The summed E-state index contributed by atoms with van der Waals surface area (Å²) in [5.41, 5.74) is 2.49. The maximum absolute atomic E-state index is 6.39. The molecule has 1 nitrogen and oxygen atoms in total. The highest BCUT2D eigenvalue weighted by atomic mass is 16.5. The third-order valence-corrected chi connectivity index (χ3v) is 7.75. The fraction of sp³-hybridized carbons (Fsp3) is 0.0588. The lowest BCUT2D eigenvalue weighted by Crippen LogP contribution is -1.97. The molecule has 0 heterocycles. The number of hydrogen-bond acceptors (Lipinski definition) is 1. The van der Waals surface area contributed by atoms with E-state index >= 15 is 0 Å². The molecule has 0 radical (unpaired) electrons. The van der Waals surface area contributed by atoms with E-state index in [1.165, 1.54) is 75.8 Å². The molecule has 0 saturated heterocycles. The minimum Gasteiger partial charge on any atom is -0.372 e. The predicted molar refractivity (Wildman–Crippen MR) is 149 cm³/mol. The highest BCUT2D eigenvalue weighted by molar-refractivity contribution is 6.24. The van der Waals surface area contributed by atoms with Gasteiger partial charge in [-0.15, -0.1) is 0 Å². The molecule has 0 amide bonds. The minimum atomic E-state index is 0.593. The van der Waals surface area contributed by atoms with E-state index in [9.17, 15) is 0 Å². The summed E-state index contributed by atoms with van der Waals surface area (Å²) in [6, 6.07) is 40.0. The first kappa shape index (κ1) is 19.1. The summed E-state index contributed by atoms with van der Waals surface area (Å²) in [7, 11) is 0. The van der Waals surface area contributed by atoms with E-state index in [1.54, 1.807) is 0 Å². The van der Waals surface area contributed by atoms with Gasteiger partial charge in [-0.1, -0.05) is 109 Å². The second kappa shape index (κ2) is 7.15. The molecule has 0 aliphatic heterocycles. The molecule has 164 valence electrons. The van der Waals surface area contributed by atoms with Crippen molar-refractivity contribution in [2.24, 2.45) is 0 Å². The van der Waals surface area contributed by atoms with Crippen LogP contribution >= 0.6 is 0 Å². The molecule has 8 rings (SSSR count). The largest absolute Gasteiger partial charge is 0.372 e. The Morgan fingerprint density at radius 1 is 0.343 bits per heavy atom. The van der Waals surface area contributed by atoms with E-state index in [2.05, 4.69) is 109 Å². The first-order valence-corrected chi connectivity index (χ1v) is 12.2. The summed E-state index contributed by atoms with van der Waals surface area (Å²) in [5.74, 6) is 0. The van der Waals surface area contributed by atoms with Crippen molar-refractivity contribution < 1.29 is 4.74 Å². The average Bonchev–Trinajstić information content (AvgIpc) is 2.91. The van der Waals surface area contributed by atoms with Gasteiger partial charge in [0.1, 0.15) is 0 Å². The van der Waals surface area contributed by atoms with E-state index in [1.807, 2.05) is 0 Å². The van der Waals surface area contributed by atoms with Crippen LogP contribution in [-0.2, 0) is 18.0 Å². The monoisotopic (exact) mass is 446 g/mol. The summed E-state index contributed by atoms with van der Waals surface area (Å²) in [4.78, 5) is 0. The van der Waals surface area contributed by atoms with Crippen molar-refractivity contribution in [1.29, 1.82) is 0 Å². The van der Waals surface area contributed by atoms with E-state index in [-0.39, 0.29) is 0 Å². The van der Waals surface area contributed by atoms with E-state index in [0.717, 1.165) is 0 Å². The zero-order valence-corrected chi connectivity index (χ0v) is 19.2. The van der Waals surface area contributed by atoms with Gasteiger partial charge in [-0.2, -0.15) is 0 Å². The van der Waals surface area contributed by atoms with Crippen molar-refractivity contribution in [3.05, 3.63) is 120 Å². The lowest BCUT2D eigenvalue weighted by molar-refractivity contribution is 0.109. The highest BCUT2D eigenvalue weighted by Crippen LogP contribution is 2.38. The Morgan fingerprint density at radius 3 is 1.11 bits per heavy atom. The van der Waals surface area contributed by atoms with Gasteiger partial charge in [0.15, 0.2) is 0 Å². The van der Waals surface area contributed by atoms with Crippen LogP contribution in [-0.4, -0.2) is 0 Å². The molecule has 0 N–H and O–H groups in total. The number of ether oxygens (including phenoxy) is 1. The van der Waals surface area contributed by atoms with E-state index < -0.39 is 0 Å². The van der Waals surface area contributed by atoms with Crippen LogP contribution in [0.25, 0.3) is 64.6 Å². The van der Waals surface area contributed by atoms with Crippen LogP contribution in [0, 0.1) is 0 Å². The summed E-state index contributed by atoms with van der Waals surface area (Å²) in [6.07, 6.45) is 0. The van der Waals surface area contributed by atoms with Gasteiger partial charge in [0.2, 0.25) is 0 Å². The van der Waals surface area contributed by atoms with Crippen LogP contribution in [0.15, 0.2) is 109 Å². The van der Waals surface area contributed by atoms with Crippen LogP contribution in [0.2, 0.25) is 0 Å². The molecule has 0 atom stereocenters. The Balaban J connectivity index is 1.19.